The number of hydrogen-bond acceptors (Lipinski definition) is 4. The number of aromatic nitrogens is 4. The lowest BCUT2D eigenvalue weighted by atomic mass is 10.1. The Kier molecular flexibility index (Phi) is 5.54. The van der Waals surface area contributed by atoms with E-state index < -0.39 is 0 Å². The Balaban J connectivity index is 1.86. The normalized spacial score (nSPS) is 16.3. The maximum atomic E-state index is 13.4. The molecule has 3 heterocycles. The lowest BCUT2D eigenvalue weighted by Crippen LogP contribution is -2.40. The van der Waals surface area contributed by atoms with Crippen LogP contribution in [0.1, 0.15) is 45.1 Å². The first-order chi connectivity index (χ1) is 14.4. The average Bonchev–Trinajstić information content (AvgIpc) is 3.11. The zero-order chi connectivity index (χ0) is 21.4. The molecule has 0 aliphatic carbocycles. The van der Waals surface area contributed by atoms with Gasteiger partial charge in [0.2, 0.25) is 5.95 Å². The molecule has 1 aromatic carbocycles. The first-order valence-corrected chi connectivity index (χ1v) is 11.0. The summed E-state index contributed by atoms with van der Waals surface area (Å²) in [5, 5.41) is 0. The first kappa shape index (κ1) is 20.4. The second-order valence-electron chi connectivity index (χ2n) is 8.60. The van der Waals surface area contributed by atoms with E-state index in [2.05, 4.69) is 49.9 Å². The Hall–Kier alpha value is -2.83. The summed E-state index contributed by atoms with van der Waals surface area (Å²) in [6.45, 7) is 8.40. The summed E-state index contributed by atoms with van der Waals surface area (Å²) in [5.41, 5.74) is 2.75. The van der Waals surface area contributed by atoms with E-state index in [1.165, 1.54) is 14.7 Å². The molecule has 4 rings (SSSR count). The molecule has 0 bridgehead atoms. The smallest absolute Gasteiger partial charge is 0.312 e. The second kappa shape index (κ2) is 8.13. The number of aryl methyl sites for hydroxylation is 2. The van der Waals surface area contributed by atoms with Crippen molar-refractivity contribution < 1.29 is 0 Å². The van der Waals surface area contributed by atoms with E-state index in [4.69, 9.17) is 4.98 Å². The molecule has 1 atom stereocenters. The van der Waals surface area contributed by atoms with Gasteiger partial charge in [-0.05, 0) is 31.4 Å². The monoisotopic (exact) mass is 409 g/mol. The van der Waals surface area contributed by atoms with E-state index >= 15 is 0 Å². The minimum Gasteiger partial charge on any atom is -0.312 e. The molecule has 0 saturated carbocycles. The predicted octanol–water partition coefficient (Wildman–Crippen LogP) is 3.57. The molecule has 1 unspecified atom stereocenters. The number of hydrogen-bond donors (Lipinski definition) is 0. The van der Waals surface area contributed by atoms with Crippen LogP contribution >= 0.6 is 0 Å². The van der Waals surface area contributed by atoms with Crippen molar-refractivity contribution in [3.8, 4) is 0 Å². The van der Waals surface area contributed by atoms with Gasteiger partial charge in [-0.15, -0.1) is 0 Å². The molecule has 0 N–H and O–H groups in total. The van der Waals surface area contributed by atoms with Crippen molar-refractivity contribution in [3.63, 3.8) is 0 Å². The number of nitrogens with zero attached hydrogens (tertiary/aromatic N) is 5. The van der Waals surface area contributed by atoms with Crippen molar-refractivity contribution >= 4 is 22.8 Å². The van der Waals surface area contributed by atoms with Crippen LogP contribution in [0.4, 0.5) is 11.6 Å². The van der Waals surface area contributed by atoms with Gasteiger partial charge in [0.05, 0.1) is 0 Å². The molecule has 1 aliphatic rings. The van der Waals surface area contributed by atoms with Crippen molar-refractivity contribution in [2.75, 3.05) is 11.4 Å². The van der Waals surface area contributed by atoms with Gasteiger partial charge in [0.25, 0.3) is 5.56 Å². The highest BCUT2D eigenvalue weighted by atomic mass is 16.2. The molecule has 2 aromatic heterocycles. The van der Waals surface area contributed by atoms with Crippen molar-refractivity contribution in [3.05, 3.63) is 50.7 Å². The van der Waals surface area contributed by atoms with Crippen LogP contribution in [0.15, 0.2) is 33.9 Å². The molecule has 3 aromatic rings. The summed E-state index contributed by atoms with van der Waals surface area (Å²) in [6.07, 6.45) is 4.09. The van der Waals surface area contributed by atoms with Crippen LogP contribution in [-0.2, 0) is 20.1 Å². The maximum absolute atomic E-state index is 13.4. The van der Waals surface area contributed by atoms with Crippen LogP contribution in [0, 0.1) is 12.8 Å². The van der Waals surface area contributed by atoms with Crippen molar-refractivity contribution in [1.29, 1.82) is 0 Å². The Labute approximate surface area is 176 Å². The van der Waals surface area contributed by atoms with Gasteiger partial charge >= 0.3 is 5.69 Å². The predicted molar refractivity (Wildman–Crippen MR) is 121 cm³/mol. The number of benzene rings is 1. The SMILES string of the molecule is CCCCCCn1c(=O)c2c(nc3n2CC(C)CN3c2ccc(C)cc2)n(C)c1=O. The van der Waals surface area contributed by atoms with E-state index in [1.54, 1.807) is 7.05 Å². The highest BCUT2D eigenvalue weighted by Gasteiger charge is 2.29. The lowest BCUT2D eigenvalue weighted by molar-refractivity contribution is 0.457. The Morgan fingerprint density at radius 1 is 1.07 bits per heavy atom. The van der Waals surface area contributed by atoms with E-state index in [1.807, 2.05) is 4.57 Å². The molecule has 30 heavy (non-hydrogen) atoms. The van der Waals surface area contributed by atoms with E-state index in [9.17, 15) is 9.59 Å². The molecule has 7 heteroatoms. The van der Waals surface area contributed by atoms with Crippen LogP contribution in [0.25, 0.3) is 11.2 Å². The summed E-state index contributed by atoms with van der Waals surface area (Å²) >= 11 is 0. The third-order valence-electron chi connectivity index (χ3n) is 6.02. The number of imidazole rings is 1. The van der Waals surface area contributed by atoms with Gasteiger partial charge in [-0.1, -0.05) is 50.8 Å². The maximum Gasteiger partial charge on any atom is 0.332 e. The van der Waals surface area contributed by atoms with Crippen LogP contribution in [0.5, 0.6) is 0 Å². The fourth-order valence-electron chi connectivity index (χ4n) is 4.34. The summed E-state index contributed by atoms with van der Waals surface area (Å²) in [7, 11) is 1.71. The number of fused-ring (bicyclic) bond motifs is 3. The van der Waals surface area contributed by atoms with E-state index in [0.29, 0.717) is 23.6 Å². The largest absolute Gasteiger partial charge is 0.332 e. The van der Waals surface area contributed by atoms with Crippen LogP contribution in [-0.4, -0.2) is 25.2 Å². The van der Waals surface area contributed by atoms with Crippen LogP contribution in [0.2, 0.25) is 0 Å². The third-order valence-corrected chi connectivity index (χ3v) is 6.02. The zero-order valence-corrected chi connectivity index (χ0v) is 18.4. The van der Waals surface area contributed by atoms with Gasteiger partial charge in [0.15, 0.2) is 11.2 Å². The van der Waals surface area contributed by atoms with Crippen molar-refractivity contribution in [2.45, 2.75) is 59.5 Å². The highest BCUT2D eigenvalue weighted by molar-refractivity contribution is 5.77. The highest BCUT2D eigenvalue weighted by Crippen LogP contribution is 2.32. The summed E-state index contributed by atoms with van der Waals surface area (Å²) < 4.78 is 4.93. The number of unbranched alkanes of at least 4 members (excludes halogenated alkanes) is 3. The molecule has 7 nitrogen and oxygen atoms in total. The zero-order valence-electron chi connectivity index (χ0n) is 18.4. The first-order valence-electron chi connectivity index (χ1n) is 11.0. The molecule has 160 valence electrons. The Bertz CT molecular complexity index is 1170. The van der Waals surface area contributed by atoms with E-state index in [-0.39, 0.29) is 11.2 Å². The number of anilines is 2. The fourth-order valence-corrected chi connectivity index (χ4v) is 4.34. The summed E-state index contributed by atoms with van der Waals surface area (Å²) in [6, 6.07) is 8.34. The molecule has 0 amide bonds. The van der Waals surface area contributed by atoms with Gasteiger partial charge in [-0.25, -0.2) is 4.79 Å². The number of rotatable bonds is 6. The summed E-state index contributed by atoms with van der Waals surface area (Å²) in [5.74, 6) is 1.09. The average molecular weight is 410 g/mol. The van der Waals surface area contributed by atoms with Crippen molar-refractivity contribution in [1.82, 2.24) is 18.7 Å². The molecule has 0 fully saturated rings. The van der Waals surface area contributed by atoms with E-state index in [0.717, 1.165) is 50.4 Å². The van der Waals surface area contributed by atoms with Crippen LogP contribution < -0.4 is 16.1 Å². The molecule has 0 saturated heterocycles. The minimum absolute atomic E-state index is 0.221. The lowest BCUT2D eigenvalue weighted by Gasteiger charge is -2.33. The minimum atomic E-state index is -0.283. The summed E-state index contributed by atoms with van der Waals surface area (Å²) in [4.78, 5) is 33.2. The van der Waals surface area contributed by atoms with Crippen molar-refractivity contribution in [2.24, 2.45) is 13.0 Å². The van der Waals surface area contributed by atoms with Gasteiger partial charge in [0, 0.05) is 32.4 Å². The molecular formula is C23H31N5O2. The Morgan fingerprint density at radius 2 is 1.80 bits per heavy atom. The standard InChI is InChI=1S/C23H31N5O2/c1-5-6-7-8-13-26-21(29)19-20(25(4)23(26)30)24-22-27(14-17(3)15-28(19)22)18-11-9-16(2)10-12-18/h9-12,17H,5-8,13-15H2,1-4H3. The topological polar surface area (TPSA) is 65.1 Å². The molecule has 0 spiro atoms. The Morgan fingerprint density at radius 3 is 2.50 bits per heavy atom. The molecule has 1 aliphatic heterocycles. The second-order valence-corrected chi connectivity index (χ2v) is 8.60. The fraction of sp³-hybridized carbons (Fsp3) is 0.522. The van der Waals surface area contributed by atoms with Gasteiger partial charge < -0.3 is 9.47 Å². The van der Waals surface area contributed by atoms with Gasteiger partial charge in [-0.3, -0.25) is 13.9 Å². The third kappa shape index (κ3) is 3.46. The molecule has 0 radical (unpaired) electrons. The van der Waals surface area contributed by atoms with Crippen LogP contribution in [0.3, 0.4) is 0 Å². The molecular weight excluding hydrogens is 378 g/mol. The van der Waals surface area contributed by atoms with Gasteiger partial charge in [0.1, 0.15) is 0 Å². The van der Waals surface area contributed by atoms with Gasteiger partial charge in [-0.2, -0.15) is 4.98 Å². The quantitative estimate of drug-likeness (QED) is 0.584.